The summed E-state index contributed by atoms with van der Waals surface area (Å²) in [6, 6.07) is -0.109. The van der Waals surface area contributed by atoms with Crippen LogP contribution in [0.5, 0.6) is 0 Å². The van der Waals surface area contributed by atoms with E-state index in [0.29, 0.717) is 0 Å². The zero-order chi connectivity index (χ0) is 13.5. The topological polar surface area (TPSA) is 98.7 Å². The lowest BCUT2D eigenvalue weighted by Gasteiger charge is -2.17. The fourth-order valence-electron chi connectivity index (χ4n) is 1.77. The van der Waals surface area contributed by atoms with E-state index in [-0.39, 0.29) is 25.0 Å². The van der Waals surface area contributed by atoms with Crippen LogP contribution in [0.25, 0.3) is 0 Å². The Balaban J connectivity index is 2.13. The van der Waals surface area contributed by atoms with Crippen molar-refractivity contribution in [3.63, 3.8) is 0 Å². The Morgan fingerprint density at radius 2 is 2.06 bits per heavy atom. The van der Waals surface area contributed by atoms with Crippen LogP contribution < -0.4 is 10.6 Å². The highest BCUT2D eigenvalue weighted by atomic mass is 16.4. The molecule has 0 aromatic heterocycles. The van der Waals surface area contributed by atoms with Crippen LogP contribution in [0.15, 0.2) is 0 Å². The van der Waals surface area contributed by atoms with Crippen molar-refractivity contribution in [1.29, 1.82) is 0 Å². The second-order valence-electron chi connectivity index (χ2n) is 4.83. The molecular weight excluding hydrogens is 236 g/mol. The molecule has 2 amide bonds. The highest BCUT2D eigenvalue weighted by Crippen LogP contribution is 2.33. The van der Waals surface area contributed by atoms with Gasteiger partial charge in [0.1, 0.15) is 0 Å². The normalized spacial score (nSPS) is 17.9. The zero-order valence-electron chi connectivity index (χ0n) is 10.7. The average Bonchev–Trinajstić information content (AvgIpc) is 3.11. The second kappa shape index (κ2) is 7.20. The summed E-state index contributed by atoms with van der Waals surface area (Å²) in [4.78, 5) is 21.9. The first-order valence-electron chi connectivity index (χ1n) is 6.48. The second-order valence-corrected chi connectivity index (χ2v) is 4.83. The summed E-state index contributed by atoms with van der Waals surface area (Å²) in [6.07, 6.45) is 3.01. The van der Waals surface area contributed by atoms with Gasteiger partial charge in [-0.1, -0.05) is 19.8 Å². The number of carboxylic acids is 1. The van der Waals surface area contributed by atoms with Gasteiger partial charge in [-0.25, -0.2) is 9.59 Å². The van der Waals surface area contributed by atoms with Gasteiger partial charge >= 0.3 is 12.0 Å². The fraction of sp³-hybridized carbons (Fsp3) is 0.833. The Labute approximate surface area is 107 Å². The number of aliphatic carboxylic acids is 1. The third-order valence-electron chi connectivity index (χ3n) is 3.13. The summed E-state index contributed by atoms with van der Waals surface area (Å²) >= 11 is 0. The summed E-state index contributed by atoms with van der Waals surface area (Å²) < 4.78 is 0. The molecule has 2 atom stereocenters. The van der Waals surface area contributed by atoms with Crippen LogP contribution >= 0.6 is 0 Å². The number of nitrogens with one attached hydrogen (secondary N) is 2. The molecule has 0 aromatic rings. The monoisotopic (exact) mass is 258 g/mol. The molecule has 1 aliphatic carbocycles. The first-order chi connectivity index (χ1) is 8.52. The predicted octanol–water partition coefficient (Wildman–Crippen LogP) is 0.700. The molecule has 6 nitrogen and oxygen atoms in total. The number of aliphatic hydroxyl groups excluding tert-OH is 1. The lowest BCUT2D eigenvalue weighted by molar-refractivity contribution is -0.146. The SMILES string of the molecule is CCC(CC1CC1)NC(=O)NCCC(O)C(=O)O. The average molecular weight is 258 g/mol. The largest absolute Gasteiger partial charge is 0.479 e. The molecule has 4 N–H and O–H groups in total. The molecule has 1 fully saturated rings. The number of hydrogen-bond donors (Lipinski definition) is 4. The molecule has 0 saturated heterocycles. The molecule has 0 spiro atoms. The first kappa shape index (κ1) is 14.8. The summed E-state index contributed by atoms with van der Waals surface area (Å²) in [5, 5.41) is 22.9. The van der Waals surface area contributed by atoms with E-state index >= 15 is 0 Å². The number of rotatable bonds is 8. The van der Waals surface area contributed by atoms with Crippen molar-refractivity contribution in [3.05, 3.63) is 0 Å². The van der Waals surface area contributed by atoms with Gasteiger partial charge in [-0.3, -0.25) is 0 Å². The van der Waals surface area contributed by atoms with Crippen LogP contribution in [0.4, 0.5) is 4.79 Å². The van der Waals surface area contributed by atoms with Gasteiger partial charge in [0.25, 0.3) is 0 Å². The quantitative estimate of drug-likeness (QED) is 0.515. The molecule has 0 radical (unpaired) electrons. The molecule has 0 heterocycles. The summed E-state index contributed by atoms with van der Waals surface area (Å²) in [5.41, 5.74) is 0. The Morgan fingerprint density at radius 1 is 1.39 bits per heavy atom. The third-order valence-corrected chi connectivity index (χ3v) is 3.13. The Hall–Kier alpha value is -1.30. The highest BCUT2D eigenvalue weighted by molar-refractivity contribution is 5.74. The molecule has 6 heteroatoms. The van der Waals surface area contributed by atoms with E-state index in [2.05, 4.69) is 10.6 Å². The molecule has 1 aliphatic rings. The molecule has 0 aromatic carbocycles. The van der Waals surface area contributed by atoms with Crippen LogP contribution in [-0.2, 0) is 4.79 Å². The highest BCUT2D eigenvalue weighted by Gasteiger charge is 2.25. The molecular formula is C12H22N2O4. The van der Waals surface area contributed by atoms with E-state index in [1.165, 1.54) is 12.8 Å². The third kappa shape index (κ3) is 5.86. The predicted molar refractivity (Wildman–Crippen MR) is 66.2 cm³/mol. The van der Waals surface area contributed by atoms with Crippen molar-refractivity contribution in [2.45, 2.75) is 51.2 Å². The van der Waals surface area contributed by atoms with Crippen molar-refractivity contribution in [2.24, 2.45) is 5.92 Å². The number of carboxylic acid groups (broad SMARTS) is 1. The van der Waals surface area contributed by atoms with E-state index in [1.54, 1.807) is 0 Å². The zero-order valence-corrected chi connectivity index (χ0v) is 10.7. The Kier molecular flexibility index (Phi) is 5.91. The number of urea groups is 1. The maximum atomic E-state index is 11.5. The van der Waals surface area contributed by atoms with Gasteiger partial charge in [0.05, 0.1) is 0 Å². The maximum Gasteiger partial charge on any atom is 0.332 e. The van der Waals surface area contributed by atoms with Crippen molar-refractivity contribution in [2.75, 3.05) is 6.54 Å². The molecule has 2 unspecified atom stereocenters. The number of amides is 2. The number of carbonyl (C=O) groups is 2. The number of hydrogen-bond acceptors (Lipinski definition) is 3. The Bertz CT molecular complexity index is 292. The first-order valence-corrected chi connectivity index (χ1v) is 6.48. The van der Waals surface area contributed by atoms with Crippen LogP contribution in [0.1, 0.15) is 39.0 Å². The van der Waals surface area contributed by atoms with E-state index in [1.807, 2.05) is 6.92 Å². The van der Waals surface area contributed by atoms with Gasteiger partial charge in [0.2, 0.25) is 0 Å². The van der Waals surface area contributed by atoms with Crippen LogP contribution in [0.2, 0.25) is 0 Å². The molecule has 0 bridgehead atoms. The van der Waals surface area contributed by atoms with Gasteiger partial charge < -0.3 is 20.8 Å². The minimum Gasteiger partial charge on any atom is -0.479 e. The van der Waals surface area contributed by atoms with Crippen LogP contribution in [0.3, 0.4) is 0 Å². The molecule has 18 heavy (non-hydrogen) atoms. The molecule has 0 aliphatic heterocycles. The fourth-order valence-corrected chi connectivity index (χ4v) is 1.77. The maximum absolute atomic E-state index is 11.5. The van der Waals surface area contributed by atoms with Crippen molar-refractivity contribution >= 4 is 12.0 Å². The van der Waals surface area contributed by atoms with Crippen LogP contribution in [-0.4, -0.2) is 40.9 Å². The molecule has 1 saturated carbocycles. The Morgan fingerprint density at radius 3 is 2.56 bits per heavy atom. The van der Waals surface area contributed by atoms with Crippen molar-refractivity contribution in [3.8, 4) is 0 Å². The van der Waals surface area contributed by atoms with E-state index in [9.17, 15) is 9.59 Å². The smallest absolute Gasteiger partial charge is 0.332 e. The minimum absolute atomic E-state index is 0.0160. The van der Waals surface area contributed by atoms with Crippen LogP contribution in [0, 0.1) is 5.92 Å². The van der Waals surface area contributed by atoms with Gasteiger partial charge in [-0.15, -0.1) is 0 Å². The summed E-state index contributed by atoms with van der Waals surface area (Å²) in [5.74, 6) is -0.513. The number of carbonyl (C=O) groups excluding carboxylic acids is 1. The van der Waals surface area contributed by atoms with Gasteiger partial charge in [0.15, 0.2) is 6.10 Å². The van der Waals surface area contributed by atoms with E-state index in [0.717, 1.165) is 18.8 Å². The lowest BCUT2D eigenvalue weighted by Crippen LogP contribution is -2.43. The lowest BCUT2D eigenvalue weighted by atomic mass is 10.1. The van der Waals surface area contributed by atoms with E-state index < -0.39 is 12.1 Å². The molecule has 104 valence electrons. The standard InChI is InChI=1S/C12H22N2O4/c1-2-9(7-8-3-4-8)14-12(18)13-6-5-10(15)11(16)17/h8-10,15H,2-7H2,1H3,(H,16,17)(H2,13,14,18). The number of aliphatic hydroxyl groups is 1. The van der Waals surface area contributed by atoms with Crippen molar-refractivity contribution in [1.82, 2.24) is 10.6 Å². The van der Waals surface area contributed by atoms with Gasteiger partial charge in [-0.05, 0) is 18.8 Å². The summed E-state index contributed by atoms with van der Waals surface area (Å²) in [7, 11) is 0. The van der Waals surface area contributed by atoms with E-state index in [4.69, 9.17) is 10.2 Å². The van der Waals surface area contributed by atoms with Gasteiger partial charge in [0, 0.05) is 19.0 Å². The minimum atomic E-state index is -1.42. The molecule has 1 rings (SSSR count). The summed E-state index contributed by atoms with van der Waals surface area (Å²) in [6.45, 7) is 2.18. The van der Waals surface area contributed by atoms with Gasteiger partial charge in [-0.2, -0.15) is 0 Å². The van der Waals surface area contributed by atoms with Crippen molar-refractivity contribution < 1.29 is 19.8 Å².